The number of halogens is 3. The predicted molar refractivity (Wildman–Crippen MR) is 81.9 cm³/mol. The van der Waals surface area contributed by atoms with Crippen molar-refractivity contribution in [3.63, 3.8) is 0 Å². The average Bonchev–Trinajstić information content (AvgIpc) is 2.56. The van der Waals surface area contributed by atoms with Crippen LogP contribution in [0.3, 0.4) is 0 Å². The summed E-state index contributed by atoms with van der Waals surface area (Å²) in [6.45, 7) is -0.572. The Morgan fingerprint density at radius 2 is 1.64 bits per heavy atom. The molecule has 0 radical (unpaired) electrons. The summed E-state index contributed by atoms with van der Waals surface area (Å²) in [5.41, 5.74) is -2.04. The number of nitrogens with one attached hydrogen (secondary N) is 1. The third-order valence-electron chi connectivity index (χ3n) is 3.96. The van der Waals surface area contributed by atoms with Gasteiger partial charge in [-0.15, -0.1) is 0 Å². The molecule has 2 N–H and O–H groups in total. The molecule has 5 nitrogen and oxygen atoms in total. The Morgan fingerprint density at radius 3 is 2.32 bits per heavy atom. The lowest BCUT2D eigenvalue weighted by Gasteiger charge is -2.46. The molecule has 2 aromatic carbocycles. The number of amides is 2. The van der Waals surface area contributed by atoms with Gasteiger partial charge in [-0.2, -0.15) is 0 Å². The van der Waals surface area contributed by atoms with E-state index in [1.807, 2.05) is 5.32 Å². The fraction of sp³-hybridized carbons (Fsp3) is 0.176. The molecule has 0 bridgehead atoms. The average molecular weight is 350 g/mol. The summed E-state index contributed by atoms with van der Waals surface area (Å²) >= 11 is 0. The Balaban J connectivity index is 1.66. The minimum atomic E-state index is -1.59. The molecule has 1 aliphatic rings. The second-order valence-electron chi connectivity index (χ2n) is 5.73. The number of hydrogen-bond donors (Lipinski definition) is 2. The lowest BCUT2D eigenvalue weighted by atomic mass is 9.85. The molecule has 2 aromatic rings. The number of carbonyl (C=O) groups is 2. The Labute approximate surface area is 140 Å². The largest absolute Gasteiger partial charge is 0.381 e. The molecular formula is C17H13F3N2O3. The molecular weight excluding hydrogens is 337 g/mol. The summed E-state index contributed by atoms with van der Waals surface area (Å²) in [4.78, 5) is 24.9. The van der Waals surface area contributed by atoms with Crippen molar-refractivity contribution in [3.05, 3.63) is 65.5 Å². The van der Waals surface area contributed by atoms with E-state index in [0.29, 0.717) is 0 Å². The van der Waals surface area contributed by atoms with Crippen molar-refractivity contribution in [2.24, 2.45) is 0 Å². The minimum absolute atomic E-state index is 0.0237. The number of nitrogens with zero attached hydrogens (tertiary/aromatic N) is 1. The van der Waals surface area contributed by atoms with Gasteiger partial charge in [0, 0.05) is 5.56 Å². The molecule has 0 atom stereocenters. The van der Waals surface area contributed by atoms with Crippen molar-refractivity contribution in [1.29, 1.82) is 0 Å². The van der Waals surface area contributed by atoms with Crippen LogP contribution in [-0.2, 0) is 15.2 Å². The van der Waals surface area contributed by atoms with Crippen molar-refractivity contribution < 1.29 is 27.9 Å². The SMILES string of the molecule is O=C(Nc1cccc(F)c1F)C(=O)N1CC(O)(c2ccccc2F)C1. The van der Waals surface area contributed by atoms with Crippen LogP contribution in [0.15, 0.2) is 42.5 Å². The molecule has 3 rings (SSSR count). The van der Waals surface area contributed by atoms with Crippen LogP contribution in [0.2, 0.25) is 0 Å². The molecule has 0 spiro atoms. The van der Waals surface area contributed by atoms with E-state index >= 15 is 0 Å². The van der Waals surface area contributed by atoms with E-state index in [-0.39, 0.29) is 18.7 Å². The Hall–Kier alpha value is -2.87. The molecule has 25 heavy (non-hydrogen) atoms. The van der Waals surface area contributed by atoms with Gasteiger partial charge in [-0.25, -0.2) is 13.2 Å². The van der Waals surface area contributed by atoms with E-state index < -0.39 is 40.6 Å². The van der Waals surface area contributed by atoms with Gasteiger partial charge in [-0.3, -0.25) is 9.59 Å². The molecule has 0 unspecified atom stereocenters. The highest BCUT2D eigenvalue weighted by atomic mass is 19.2. The lowest BCUT2D eigenvalue weighted by molar-refractivity contribution is -0.162. The molecule has 0 saturated carbocycles. The van der Waals surface area contributed by atoms with Crippen LogP contribution in [0.1, 0.15) is 5.56 Å². The van der Waals surface area contributed by atoms with Gasteiger partial charge in [0.05, 0.1) is 18.8 Å². The van der Waals surface area contributed by atoms with Gasteiger partial charge in [0.1, 0.15) is 11.4 Å². The van der Waals surface area contributed by atoms with Gasteiger partial charge in [-0.1, -0.05) is 24.3 Å². The summed E-state index contributed by atoms with van der Waals surface area (Å²) < 4.78 is 40.4. The first kappa shape index (κ1) is 17.0. The lowest BCUT2D eigenvalue weighted by Crippen LogP contribution is -2.63. The monoisotopic (exact) mass is 350 g/mol. The summed E-state index contributed by atoms with van der Waals surface area (Å²) in [7, 11) is 0. The fourth-order valence-electron chi connectivity index (χ4n) is 2.66. The zero-order valence-corrected chi connectivity index (χ0v) is 12.8. The van der Waals surface area contributed by atoms with Gasteiger partial charge in [0.2, 0.25) is 0 Å². The quantitative estimate of drug-likeness (QED) is 0.811. The van der Waals surface area contributed by atoms with E-state index in [2.05, 4.69) is 0 Å². The fourth-order valence-corrected chi connectivity index (χ4v) is 2.66. The van der Waals surface area contributed by atoms with E-state index in [4.69, 9.17) is 0 Å². The summed E-state index contributed by atoms with van der Waals surface area (Å²) in [5.74, 6) is -5.29. The summed E-state index contributed by atoms with van der Waals surface area (Å²) in [6, 6.07) is 8.73. The standard InChI is InChI=1S/C17H13F3N2O3/c18-11-5-2-1-4-10(11)17(25)8-22(9-17)16(24)15(23)21-13-7-3-6-12(19)14(13)20/h1-7,25H,8-9H2,(H,21,23). The third kappa shape index (κ3) is 3.08. The van der Waals surface area contributed by atoms with Crippen molar-refractivity contribution in [3.8, 4) is 0 Å². The number of anilines is 1. The summed E-state index contributed by atoms with van der Waals surface area (Å²) in [5, 5.41) is 12.3. The number of rotatable bonds is 2. The zero-order chi connectivity index (χ0) is 18.2. The molecule has 130 valence electrons. The van der Waals surface area contributed by atoms with Crippen LogP contribution in [0.4, 0.5) is 18.9 Å². The van der Waals surface area contributed by atoms with E-state index in [0.717, 1.165) is 17.0 Å². The maximum Gasteiger partial charge on any atom is 0.313 e. The molecule has 8 heteroatoms. The van der Waals surface area contributed by atoms with Crippen molar-refractivity contribution in [2.45, 2.75) is 5.60 Å². The molecule has 2 amide bonds. The number of aliphatic hydroxyl groups is 1. The predicted octanol–water partition coefficient (Wildman–Crippen LogP) is 1.77. The second kappa shape index (κ2) is 6.21. The van der Waals surface area contributed by atoms with E-state index in [1.165, 1.54) is 24.3 Å². The maximum absolute atomic E-state index is 13.7. The van der Waals surface area contributed by atoms with Crippen LogP contribution < -0.4 is 5.32 Å². The first-order valence-corrected chi connectivity index (χ1v) is 7.33. The Kier molecular flexibility index (Phi) is 4.22. The van der Waals surface area contributed by atoms with Crippen LogP contribution in [0.5, 0.6) is 0 Å². The molecule has 0 aromatic heterocycles. The number of carbonyl (C=O) groups excluding carboxylic acids is 2. The van der Waals surface area contributed by atoms with Crippen LogP contribution >= 0.6 is 0 Å². The molecule has 0 aliphatic carbocycles. The normalized spacial score (nSPS) is 15.4. The highest BCUT2D eigenvalue weighted by molar-refractivity contribution is 6.39. The van der Waals surface area contributed by atoms with Gasteiger partial charge in [-0.05, 0) is 18.2 Å². The van der Waals surface area contributed by atoms with Gasteiger partial charge in [0.25, 0.3) is 0 Å². The number of hydrogen-bond acceptors (Lipinski definition) is 3. The van der Waals surface area contributed by atoms with Gasteiger partial charge < -0.3 is 15.3 Å². The smallest absolute Gasteiger partial charge is 0.313 e. The zero-order valence-electron chi connectivity index (χ0n) is 12.8. The topological polar surface area (TPSA) is 69.6 Å². The molecule has 1 aliphatic heterocycles. The second-order valence-corrected chi connectivity index (χ2v) is 5.73. The molecule has 1 fully saturated rings. The van der Waals surface area contributed by atoms with Crippen molar-refractivity contribution >= 4 is 17.5 Å². The number of β-amino-alcohol motifs (C(OH)–C–C–N with tert-alkyl or cyclic N) is 1. The maximum atomic E-state index is 13.7. The van der Waals surface area contributed by atoms with Crippen LogP contribution in [-0.4, -0.2) is 34.9 Å². The highest BCUT2D eigenvalue weighted by Gasteiger charge is 2.47. The van der Waals surface area contributed by atoms with Crippen LogP contribution in [0, 0.1) is 17.5 Å². The van der Waals surface area contributed by atoms with E-state index in [9.17, 15) is 27.9 Å². The third-order valence-corrected chi connectivity index (χ3v) is 3.96. The minimum Gasteiger partial charge on any atom is -0.381 e. The molecule has 1 saturated heterocycles. The first-order chi connectivity index (χ1) is 11.8. The van der Waals surface area contributed by atoms with Crippen molar-refractivity contribution in [1.82, 2.24) is 4.90 Å². The Bertz CT molecular complexity index is 851. The summed E-state index contributed by atoms with van der Waals surface area (Å²) in [6.07, 6.45) is 0. The number of likely N-dealkylation sites (tertiary alicyclic amines) is 1. The Morgan fingerprint density at radius 1 is 1.00 bits per heavy atom. The highest BCUT2D eigenvalue weighted by Crippen LogP contribution is 2.33. The van der Waals surface area contributed by atoms with Crippen molar-refractivity contribution in [2.75, 3.05) is 18.4 Å². The van der Waals surface area contributed by atoms with Gasteiger partial charge in [0.15, 0.2) is 11.6 Å². The first-order valence-electron chi connectivity index (χ1n) is 7.33. The van der Waals surface area contributed by atoms with E-state index in [1.54, 1.807) is 6.07 Å². The number of benzene rings is 2. The van der Waals surface area contributed by atoms with Crippen LogP contribution in [0.25, 0.3) is 0 Å². The van der Waals surface area contributed by atoms with Gasteiger partial charge >= 0.3 is 11.8 Å². The molecule has 1 heterocycles.